The SMILES string of the molecule is CNC1CCC2CCCC2N(CC2=CC(C)(C)C=C2)C1=O. The third-order valence-electron chi connectivity index (χ3n) is 5.41. The van der Waals surface area contributed by atoms with E-state index in [0.717, 1.165) is 13.0 Å². The van der Waals surface area contributed by atoms with Gasteiger partial charge in [0.25, 0.3) is 0 Å². The van der Waals surface area contributed by atoms with E-state index in [2.05, 4.69) is 42.3 Å². The second-order valence-corrected chi connectivity index (χ2v) is 7.52. The Labute approximate surface area is 128 Å². The lowest BCUT2D eigenvalue weighted by Crippen LogP contribution is -2.48. The maximum absolute atomic E-state index is 12.9. The number of fused-ring (bicyclic) bond motifs is 1. The van der Waals surface area contributed by atoms with Crippen molar-refractivity contribution < 1.29 is 4.79 Å². The molecule has 3 aliphatic rings. The maximum atomic E-state index is 12.9. The number of allylic oxidation sites excluding steroid dienone is 2. The quantitative estimate of drug-likeness (QED) is 0.866. The van der Waals surface area contributed by atoms with E-state index in [-0.39, 0.29) is 11.5 Å². The molecule has 1 heterocycles. The van der Waals surface area contributed by atoms with Crippen LogP contribution in [0.25, 0.3) is 0 Å². The van der Waals surface area contributed by atoms with Crippen molar-refractivity contribution in [3.63, 3.8) is 0 Å². The van der Waals surface area contributed by atoms with Gasteiger partial charge in [-0.2, -0.15) is 0 Å². The molecule has 0 aromatic rings. The molecule has 3 heteroatoms. The predicted octanol–water partition coefficient (Wildman–Crippen LogP) is 2.89. The van der Waals surface area contributed by atoms with Gasteiger partial charge in [0.05, 0.1) is 6.04 Å². The van der Waals surface area contributed by atoms with Gasteiger partial charge in [0.2, 0.25) is 5.91 Å². The largest absolute Gasteiger partial charge is 0.334 e. The van der Waals surface area contributed by atoms with E-state index in [9.17, 15) is 4.79 Å². The molecule has 1 amide bonds. The van der Waals surface area contributed by atoms with E-state index in [0.29, 0.717) is 17.9 Å². The summed E-state index contributed by atoms with van der Waals surface area (Å²) < 4.78 is 0. The molecule has 3 atom stereocenters. The fraction of sp³-hybridized carbons (Fsp3) is 0.722. The monoisotopic (exact) mass is 288 g/mol. The molecule has 0 aromatic heterocycles. The molecule has 2 fully saturated rings. The van der Waals surface area contributed by atoms with Gasteiger partial charge in [0.1, 0.15) is 0 Å². The Morgan fingerprint density at radius 3 is 2.76 bits per heavy atom. The normalized spacial score (nSPS) is 34.8. The number of hydrogen-bond donors (Lipinski definition) is 1. The van der Waals surface area contributed by atoms with Crippen LogP contribution >= 0.6 is 0 Å². The third kappa shape index (κ3) is 2.94. The molecule has 3 unspecified atom stereocenters. The first kappa shape index (κ1) is 14.8. The zero-order chi connectivity index (χ0) is 15.0. The molecule has 116 valence electrons. The highest BCUT2D eigenvalue weighted by molar-refractivity contribution is 5.83. The molecule has 0 bridgehead atoms. The average Bonchev–Trinajstić information content (AvgIpc) is 3.00. The first-order chi connectivity index (χ1) is 10.00. The number of carbonyl (C=O) groups is 1. The van der Waals surface area contributed by atoms with E-state index in [1.165, 1.54) is 31.3 Å². The molecular formula is C18H28N2O. The predicted molar refractivity (Wildman–Crippen MR) is 85.9 cm³/mol. The Morgan fingerprint density at radius 2 is 2.10 bits per heavy atom. The molecule has 0 aromatic carbocycles. The van der Waals surface area contributed by atoms with Gasteiger partial charge in [-0.3, -0.25) is 4.79 Å². The second kappa shape index (κ2) is 5.60. The Morgan fingerprint density at radius 1 is 1.29 bits per heavy atom. The summed E-state index contributed by atoms with van der Waals surface area (Å²) in [6, 6.07) is 0.475. The smallest absolute Gasteiger partial charge is 0.240 e. The molecule has 21 heavy (non-hydrogen) atoms. The van der Waals surface area contributed by atoms with Crippen molar-refractivity contribution in [2.45, 2.75) is 58.0 Å². The Kier molecular flexibility index (Phi) is 3.96. The summed E-state index contributed by atoms with van der Waals surface area (Å²) in [5.41, 5.74) is 1.44. The van der Waals surface area contributed by atoms with E-state index < -0.39 is 0 Å². The lowest BCUT2D eigenvalue weighted by atomic mass is 9.96. The van der Waals surface area contributed by atoms with Crippen LogP contribution in [0.5, 0.6) is 0 Å². The highest BCUT2D eigenvalue weighted by Crippen LogP contribution is 2.38. The van der Waals surface area contributed by atoms with E-state index >= 15 is 0 Å². The summed E-state index contributed by atoms with van der Waals surface area (Å²) in [6.45, 7) is 5.23. The van der Waals surface area contributed by atoms with Gasteiger partial charge in [0, 0.05) is 18.0 Å². The molecule has 1 saturated heterocycles. The van der Waals surface area contributed by atoms with Gasteiger partial charge < -0.3 is 10.2 Å². The number of likely N-dealkylation sites (N-methyl/N-ethyl adjacent to an activating group) is 1. The summed E-state index contributed by atoms with van der Waals surface area (Å²) in [6.07, 6.45) is 12.7. The van der Waals surface area contributed by atoms with Crippen LogP contribution in [0.1, 0.15) is 46.0 Å². The summed E-state index contributed by atoms with van der Waals surface area (Å²) in [5, 5.41) is 3.23. The summed E-state index contributed by atoms with van der Waals surface area (Å²) in [5.74, 6) is 1.03. The Hall–Kier alpha value is -1.09. The molecule has 1 N–H and O–H groups in total. The minimum atomic E-state index is 0.00888. The highest BCUT2D eigenvalue weighted by Gasteiger charge is 2.40. The van der Waals surface area contributed by atoms with Crippen molar-refractivity contribution in [2.24, 2.45) is 11.3 Å². The second-order valence-electron chi connectivity index (χ2n) is 7.52. The lowest BCUT2D eigenvalue weighted by Gasteiger charge is -2.32. The first-order valence-electron chi connectivity index (χ1n) is 8.39. The van der Waals surface area contributed by atoms with Crippen molar-refractivity contribution in [3.8, 4) is 0 Å². The zero-order valence-corrected chi connectivity index (χ0v) is 13.6. The van der Waals surface area contributed by atoms with Crippen molar-refractivity contribution >= 4 is 5.91 Å². The number of nitrogens with one attached hydrogen (secondary N) is 1. The van der Waals surface area contributed by atoms with Gasteiger partial charge >= 0.3 is 0 Å². The fourth-order valence-electron chi connectivity index (χ4n) is 4.29. The molecule has 2 aliphatic carbocycles. The van der Waals surface area contributed by atoms with Crippen LogP contribution in [0, 0.1) is 11.3 Å². The van der Waals surface area contributed by atoms with E-state index in [4.69, 9.17) is 0 Å². The fourth-order valence-corrected chi connectivity index (χ4v) is 4.29. The Balaban J connectivity index is 1.82. The molecule has 0 radical (unpaired) electrons. The number of likely N-dealkylation sites (tertiary alicyclic amines) is 1. The minimum absolute atomic E-state index is 0.00888. The molecule has 1 saturated carbocycles. The van der Waals surface area contributed by atoms with Crippen LogP contribution in [0.2, 0.25) is 0 Å². The molecule has 1 aliphatic heterocycles. The van der Waals surface area contributed by atoms with Crippen molar-refractivity contribution in [2.75, 3.05) is 13.6 Å². The Bertz CT molecular complexity index is 478. The maximum Gasteiger partial charge on any atom is 0.240 e. The van der Waals surface area contributed by atoms with E-state index in [1.807, 2.05) is 7.05 Å². The van der Waals surface area contributed by atoms with Crippen molar-refractivity contribution in [1.29, 1.82) is 0 Å². The lowest BCUT2D eigenvalue weighted by molar-refractivity contribution is -0.134. The molecule has 0 spiro atoms. The van der Waals surface area contributed by atoms with Crippen LogP contribution in [-0.4, -0.2) is 36.5 Å². The van der Waals surface area contributed by atoms with Crippen LogP contribution in [0.15, 0.2) is 23.8 Å². The minimum Gasteiger partial charge on any atom is -0.334 e. The average molecular weight is 288 g/mol. The van der Waals surface area contributed by atoms with Crippen molar-refractivity contribution in [3.05, 3.63) is 23.8 Å². The molecular weight excluding hydrogens is 260 g/mol. The summed E-state index contributed by atoms with van der Waals surface area (Å²) in [7, 11) is 1.92. The summed E-state index contributed by atoms with van der Waals surface area (Å²) >= 11 is 0. The first-order valence-corrected chi connectivity index (χ1v) is 8.39. The molecule has 3 rings (SSSR count). The van der Waals surface area contributed by atoms with E-state index in [1.54, 1.807) is 0 Å². The summed E-state index contributed by atoms with van der Waals surface area (Å²) in [4.78, 5) is 15.1. The zero-order valence-electron chi connectivity index (χ0n) is 13.6. The van der Waals surface area contributed by atoms with Crippen LogP contribution in [0.4, 0.5) is 0 Å². The van der Waals surface area contributed by atoms with Gasteiger partial charge in [-0.25, -0.2) is 0 Å². The molecule has 3 nitrogen and oxygen atoms in total. The number of carbonyl (C=O) groups excluding carboxylic acids is 1. The highest BCUT2D eigenvalue weighted by atomic mass is 16.2. The topological polar surface area (TPSA) is 32.3 Å². The van der Waals surface area contributed by atoms with Gasteiger partial charge in [-0.15, -0.1) is 0 Å². The van der Waals surface area contributed by atoms with Crippen LogP contribution in [-0.2, 0) is 4.79 Å². The number of amides is 1. The van der Waals surface area contributed by atoms with Gasteiger partial charge in [-0.05, 0) is 44.2 Å². The van der Waals surface area contributed by atoms with Crippen LogP contribution < -0.4 is 5.32 Å². The van der Waals surface area contributed by atoms with Gasteiger partial charge in [-0.1, -0.05) is 38.5 Å². The standard InChI is InChI=1S/C18H28N2O/c1-18(2)10-9-13(11-18)12-20-16-6-4-5-14(16)7-8-15(19-3)17(20)21/h9-11,14-16,19H,4-8,12H2,1-3H3. The number of nitrogens with zero attached hydrogens (tertiary/aromatic N) is 1. The number of hydrogen-bond acceptors (Lipinski definition) is 2. The van der Waals surface area contributed by atoms with Crippen LogP contribution in [0.3, 0.4) is 0 Å². The third-order valence-corrected chi connectivity index (χ3v) is 5.41. The van der Waals surface area contributed by atoms with Crippen molar-refractivity contribution in [1.82, 2.24) is 10.2 Å². The van der Waals surface area contributed by atoms with Gasteiger partial charge in [0.15, 0.2) is 0 Å². The number of rotatable bonds is 3.